The quantitative estimate of drug-likeness (QED) is 0.893. The van der Waals surface area contributed by atoms with E-state index in [0.717, 1.165) is 16.9 Å². The van der Waals surface area contributed by atoms with E-state index >= 15 is 0 Å². The van der Waals surface area contributed by atoms with Gasteiger partial charge in [0.15, 0.2) is 0 Å². The summed E-state index contributed by atoms with van der Waals surface area (Å²) < 4.78 is 1.68. The van der Waals surface area contributed by atoms with Gasteiger partial charge in [-0.1, -0.05) is 18.5 Å². The number of carboxylic acid groups (broad SMARTS) is 1. The number of carboxylic acids is 1. The lowest BCUT2D eigenvalue weighted by molar-refractivity contribution is -0.137. The van der Waals surface area contributed by atoms with Crippen LogP contribution < -0.4 is 0 Å². The third-order valence-corrected chi connectivity index (χ3v) is 2.63. The van der Waals surface area contributed by atoms with E-state index in [-0.39, 0.29) is 6.54 Å². The van der Waals surface area contributed by atoms with Crippen molar-refractivity contribution in [1.29, 1.82) is 0 Å². The molecule has 0 fully saturated rings. The van der Waals surface area contributed by atoms with Crippen molar-refractivity contribution >= 4 is 28.6 Å². The first kappa shape index (κ1) is 11.0. The van der Waals surface area contributed by atoms with Crippen molar-refractivity contribution in [2.24, 2.45) is 0 Å². The first-order chi connectivity index (χ1) is 7.61. The number of rotatable bonds is 3. The van der Waals surface area contributed by atoms with E-state index < -0.39 is 5.97 Å². The highest BCUT2D eigenvalue weighted by molar-refractivity contribution is 6.31. The van der Waals surface area contributed by atoms with E-state index in [1.807, 2.05) is 6.92 Å². The number of fused-ring (bicyclic) bond motifs is 1. The standard InChI is InChI=1S/C11H11ClN2O2/c1-2-10-13-8-4-3-7(12)5-9(8)14(10)6-11(15)16/h3-5H,2,6H2,1H3,(H,15,16). The fraction of sp³-hybridized carbons (Fsp3) is 0.273. The summed E-state index contributed by atoms with van der Waals surface area (Å²) in [5, 5.41) is 9.44. The van der Waals surface area contributed by atoms with E-state index in [9.17, 15) is 4.79 Å². The van der Waals surface area contributed by atoms with E-state index in [1.165, 1.54) is 0 Å². The molecule has 0 saturated heterocycles. The van der Waals surface area contributed by atoms with Crippen LogP contribution in [0.1, 0.15) is 12.7 Å². The van der Waals surface area contributed by atoms with Crippen molar-refractivity contribution in [3.05, 3.63) is 29.0 Å². The van der Waals surface area contributed by atoms with Gasteiger partial charge in [-0.2, -0.15) is 0 Å². The van der Waals surface area contributed by atoms with Crippen molar-refractivity contribution < 1.29 is 9.90 Å². The molecule has 0 atom stereocenters. The zero-order chi connectivity index (χ0) is 11.7. The van der Waals surface area contributed by atoms with Gasteiger partial charge in [0.05, 0.1) is 11.0 Å². The molecule has 0 aliphatic heterocycles. The average molecular weight is 239 g/mol. The highest BCUT2D eigenvalue weighted by Crippen LogP contribution is 2.21. The number of aliphatic carboxylic acids is 1. The highest BCUT2D eigenvalue weighted by atomic mass is 35.5. The van der Waals surface area contributed by atoms with Gasteiger partial charge >= 0.3 is 5.97 Å². The molecule has 1 aromatic heterocycles. The number of nitrogens with zero attached hydrogens (tertiary/aromatic N) is 2. The Bertz CT molecular complexity index is 548. The molecule has 0 saturated carbocycles. The minimum Gasteiger partial charge on any atom is -0.480 e. The van der Waals surface area contributed by atoms with Crippen LogP contribution in [0.5, 0.6) is 0 Å². The van der Waals surface area contributed by atoms with Crippen LogP contribution in [0.15, 0.2) is 18.2 Å². The molecule has 0 bridgehead atoms. The number of aryl methyl sites for hydroxylation is 1. The monoisotopic (exact) mass is 238 g/mol. The molecule has 84 valence electrons. The smallest absolute Gasteiger partial charge is 0.323 e. The fourth-order valence-electron chi connectivity index (χ4n) is 1.73. The van der Waals surface area contributed by atoms with Crippen LogP contribution in [0.4, 0.5) is 0 Å². The Morgan fingerprint density at radius 3 is 2.94 bits per heavy atom. The maximum Gasteiger partial charge on any atom is 0.323 e. The Labute approximate surface area is 97.5 Å². The number of imidazole rings is 1. The molecule has 0 amide bonds. The van der Waals surface area contributed by atoms with Gasteiger partial charge in [0.1, 0.15) is 12.4 Å². The van der Waals surface area contributed by atoms with E-state index in [2.05, 4.69) is 4.98 Å². The third-order valence-electron chi connectivity index (χ3n) is 2.40. The molecule has 0 aliphatic carbocycles. The minimum atomic E-state index is -0.881. The lowest BCUT2D eigenvalue weighted by atomic mass is 10.3. The van der Waals surface area contributed by atoms with Gasteiger partial charge in [0, 0.05) is 11.4 Å². The van der Waals surface area contributed by atoms with Crippen LogP contribution in [0, 0.1) is 0 Å². The second-order valence-corrected chi connectivity index (χ2v) is 3.93. The molecule has 4 nitrogen and oxygen atoms in total. The predicted octanol–water partition coefficient (Wildman–Crippen LogP) is 2.34. The normalized spacial score (nSPS) is 10.9. The second-order valence-electron chi connectivity index (χ2n) is 3.49. The molecular formula is C11H11ClN2O2. The summed E-state index contributed by atoms with van der Waals surface area (Å²) in [6, 6.07) is 5.29. The SMILES string of the molecule is CCc1nc2ccc(Cl)cc2n1CC(=O)O. The van der Waals surface area contributed by atoms with E-state index in [1.54, 1.807) is 22.8 Å². The van der Waals surface area contributed by atoms with Crippen LogP contribution in [-0.4, -0.2) is 20.6 Å². The van der Waals surface area contributed by atoms with Crippen molar-refractivity contribution in [2.75, 3.05) is 0 Å². The number of halogens is 1. The summed E-state index contributed by atoms with van der Waals surface area (Å²) in [5.41, 5.74) is 1.55. The van der Waals surface area contributed by atoms with Gasteiger partial charge in [-0.3, -0.25) is 4.79 Å². The molecule has 0 spiro atoms. The first-order valence-electron chi connectivity index (χ1n) is 4.98. The van der Waals surface area contributed by atoms with Gasteiger partial charge in [-0.25, -0.2) is 4.98 Å². The summed E-state index contributed by atoms with van der Waals surface area (Å²) in [6.45, 7) is 1.86. The van der Waals surface area contributed by atoms with Crippen LogP contribution in [-0.2, 0) is 17.8 Å². The van der Waals surface area contributed by atoms with Crippen molar-refractivity contribution in [1.82, 2.24) is 9.55 Å². The molecule has 1 N–H and O–H groups in total. The Morgan fingerprint density at radius 1 is 1.56 bits per heavy atom. The third kappa shape index (κ3) is 1.88. The lowest BCUT2D eigenvalue weighted by Gasteiger charge is -2.04. The van der Waals surface area contributed by atoms with E-state index in [0.29, 0.717) is 11.4 Å². The van der Waals surface area contributed by atoms with Crippen molar-refractivity contribution in [2.45, 2.75) is 19.9 Å². The number of hydrogen-bond acceptors (Lipinski definition) is 2. The molecule has 2 aromatic rings. The average Bonchev–Trinajstić information content (AvgIpc) is 2.56. The predicted molar refractivity (Wildman–Crippen MR) is 61.8 cm³/mol. The largest absolute Gasteiger partial charge is 0.480 e. The number of aromatic nitrogens is 2. The van der Waals surface area contributed by atoms with Crippen LogP contribution in [0.25, 0.3) is 11.0 Å². The van der Waals surface area contributed by atoms with Crippen LogP contribution >= 0.6 is 11.6 Å². The van der Waals surface area contributed by atoms with Gasteiger partial charge in [0.25, 0.3) is 0 Å². The molecule has 16 heavy (non-hydrogen) atoms. The molecule has 0 unspecified atom stereocenters. The minimum absolute atomic E-state index is 0.0833. The molecular weight excluding hydrogens is 228 g/mol. The van der Waals surface area contributed by atoms with Crippen molar-refractivity contribution in [3.8, 4) is 0 Å². The van der Waals surface area contributed by atoms with Gasteiger partial charge < -0.3 is 9.67 Å². The highest BCUT2D eigenvalue weighted by Gasteiger charge is 2.11. The lowest BCUT2D eigenvalue weighted by Crippen LogP contribution is -2.11. The Hall–Kier alpha value is -1.55. The molecule has 0 aliphatic rings. The summed E-state index contributed by atoms with van der Waals surface area (Å²) in [7, 11) is 0. The molecule has 1 aromatic carbocycles. The first-order valence-corrected chi connectivity index (χ1v) is 5.36. The van der Waals surface area contributed by atoms with Gasteiger partial charge in [-0.15, -0.1) is 0 Å². The molecule has 0 radical (unpaired) electrons. The molecule has 2 rings (SSSR count). The van der Waals surface area contributed by atoms with Gasteiger partial charge in [-0.05, 0) is 18.2 Å². The topological polar surface area (TPSA) is 55.1 Å². The molecule has 1 heterocycles. The zero-order valence-electron chi connectivity index (χ0n) is 8.77. The maximum atomic E-state index is 10.8. The van der Waals surface area contributed by atoms with Crippen LogP contribution in [0.2, 0.25) is 5.02 Å². The fourth-order valence-corrected chi connectivity index (χ4v) is 1.89. The van der Waals surface area contributed by atoms with Crippen LogP contribution in [0.3, 0.4) is 0 Å². The summed E-state index contributed by atoms with van der Waals surface area (Å²) >= 11 is 5.89. The van der Waals surface area contributed by atoms with Crippen molar-refractivity contribution in [3.63, 3.8) is 0 Å². The summed E-state index contributed by atoms with van der Waals surface area (Å²) in [6.07, 6.45) is 0.694. The number of hydrogen-bond donors (Lipinski definition) is 1. The van der Waals surface area contributed by atoms with E-state index in [4.69, 9.17) is 16.7 Å². The Morgan fingerprint density at radius 2 is 2.31 bits per heavy atom. The number of carbonyl (C=O) groups is 1. The Kier molecular flexibility index (Phi) is 2.83. The maximum absolute atomic E-state index is 10.8. The Balaban J connectivity index is 2.65. The number of benzene rings is 1. The summed E-state index contributed by atoms with van der Waals surface area (Å²) in [5.74, 6) is -0.117. The van der Waals surface area contributed by atoms with Gasteiger partial charge in [0.2, 0.25) is 0 Å². The second kappa shape index (κ2) is 4.14. The molecule has 5 heteroatoms. The summed E-state index contributed by atoms with van der Waals surface area (Å²) in [4.78, 5) is 15.1. The zero-order valence-corrected chi connectivity index (χ0v) is 9.53.